The maximum Gasteiger partial charge on any atom is 0.332 e. The van der Waals surface area contributed by atoms with Gasteiger partial charge in [0.15, 0.2) is 0 Å². The van der Waals surface area contributed by atoms with Crippen molar-refractivity contribution in [2.45, 2.75) is 20.0 Å². The monoisotopic (exact) mass is 399 g/mol. The second-order valence-electron chi connectivity index (χ2n) is 6.19. The van der Waals surface area contributed by atoms with Gasteiger partial charge in [-0.2, -0.15) is 0 Å². The Kier molecular flexibility index (Phi) is 5.79. The number of benzene rings is 1. The van der Waals surface area contributed by atoms with E-state index in [1.54, 1.807) is 32.4 Å². The van der Waals surface area contributed by atoms with Crippen molar-refractivity contribution in [3.05, 3.63) is 73.8 Å². The van der Waals surface area contributed by atoms with E-state index in [4.69, 9.17) is 4.74 Å². The molecule has 0 saturated carbocycles. The molecule has 7 nitrogen and oxygen atoms in total. The standard InChI is InChI=1S/C20H21N3O4S/c1-4-5-10-23-18(25)15-11-16(28-19(15)22(2)20(23)26)17(24)21-12-13-6-8-14(27-3)9-7-13/h4-9,11H,10,12H2,1-3H3,(H,21,24)/b5-4+. The first kappa shape index (κ1) is 19.6. The molecule has 0 aliphatic carbocycles. The van der Waals surface area contributed by atoms with Crippen molar-refractivity contribution in [3.63, 3.8) is 0 Å². The van der Waals surface area contributed by atoms with Crippen molar-refractivity contribution in [2.24, 2.45) is 7.05 Å². The van der Waals surface area contributed by atoms with Gasteiger partial charge in [-0.25, -0.2) is 4.79 Å². The Morgan fingerprint density at radius 1 is 1.25 bits per heavy atom. The SMILES string of the molecule is C/C=C/Cn1c(=O)c2cc(C(=O)NCc3ccc(OC)cc3)sc2n(C)c1=O. The molecular weight excluding hydrogens is 378 g/mol. The van der Waals surface area contributed by atoms with Gasteiger partial charge in [0.05, 0.1) is 17.4 Å². The average Bonchev–Trinajstić information content (AvgIpc) is 3.17. The van der Waals surface area contributed by atoms with Gasteiger partial charge in [-0.3, -0.25) is 18.7 Å². The van der Waals surface area contributed by atoms with Crippen molar-refractivity contribution in [1.29, 1.82) is 0 Å². The van der Waals surface area contributed by atoms with Crippen LogP contribution in [0.15, 0.2) is 52.1 Å². The number of aryl methyl sites for hydroxylation is 1. The quantitative estimate of drug-likeness (QED) is 0.645. The van der Waals surface area contributed by atoms with E-state index in [0.29, 0.717) is 21.6 Å². The van der Waals surface area contributed by atoms with Gasteiger partial charge in [0.25, 0.3) is 11.5 Å². The minimum absolute atomic E-state index is 0.201. The molecule has 0 atom stereocenters. The third-order valence-electron chi connectivity index (χ3n) is 4.37. The van der Waals surface area contributed by atoms with E-state index < -0.39 is 5.69 Å². The first-order chi connectivity index (χ1) is 13.5. The normalized spacial score (nSPS) is 11.2. The molecular formula is C20H21N3O4S. The van der Waals surface area contributed by atoms with Crippen LogP contribution in [0.5, 0.6) is 5.75 Å². The van der Waals surface area contributed by atoms with Crippen LogP contribution < -0.4 is 21.3 Å². The Bertz CT molecular complexity index is 1150. The van der Waals surface area contributed by atoms with Crippen molar-refractivity contribution in [2.75, 3.05) is 7.11 Å². The van der Waals surface area contributed by atoms with Crippen LogP contribution in [-0.2, 0) is 20.1 Å². The molecule has 3 rings (SSSR count). The van der Waals surface area contributed by atoms with Gasteiger partial charge in [0.1, 0.15) is 10.6 Å². The van der Waals surface area contributed by atoms with Gasteiger partial charge < -0.3 is 10.1 Å². The van der Waals surface area contributed by atoms with E-state index in [0.717, 1.165) is 27.2 Å². The Hall–Kier alpha value is -3.13. The smallest absolute Gasteiger partial charge is 0.332 e. The number of hydrogen-bond donors (Lipinski definition) is 1. The summed E-state index contributed by atoms with van der Waals surface area (Å²) >= 11 is 1.13. The lowest BCUT2D eigenvalue weighted by Gasteiger charge is -2.05. The number of aromatic nitrogens is 2. The number of methoxy groups -OCH3 is 1. The lowest BCUT2D eigenvalue weighted by atomic mass is 10.2. The number of fused-ring (bicyclic) bond motifs is 1. The second kappa shape index (κ2) is 8.26. The molecule has 1 aromatic carbocycles. The van der Waals surface area contributed by atoms with Gasteiger partial charge in [-0.15, -0.1) is 11.3 Å². The van der Waals surface area contributed by atoms with Crippen LogP contribution in [0.25, 0.3) is 10.2 Å². The van der Waals surface area contributed by atoms with Crippen LogP contribution >= 0.6 is 11.3 Å². The molecule has 0 aliphatic rings. The highest BCUT2D eigenvalue weighted by molar-refractivity contribution is 7.20. The molecule has 1 amide bonds. The summed E-state index contributed by atoms with van der Waals surface area (Å²) in [5.41, 5.74) is 0.140. The Labute approximate surface area is 165 Å². The summed E-state index contributed by atoms with van der Waals surface area (Å²) in [6.45, 7) is 2.37. The number of nitrogens with one attached hydrogen (secondary N) is 1. The minimum Gasteiger partial charge on any atom is -0.497 e. The van der Waals surface area contributed by atoms with Crippen molar-refractivity contribution >= 4 is 27.5 Å². The molecule has 2 heterocycles. The summed E-state index contributed by atoms with van der Waals surface area (Å²) in [5.74, 6) is 0.457. The van der Waals surface area contributed by atoms with Crippen LogP contribution in [0.1, 0.15) is 22.2 Å². The number of allylic oxidation sites excluding steroid dienone is 2. The van der Waals surface area contributed by atoms with E-state index in [1.165, 1.54) is 4.57 Å². The van der Waals surface area contributed by atoms with Crippen molar-refractivity contribution in [3.8, 4) is 5.75 Å². The number of rotatable bonds is 6. The Morgan fingerprint density at radius 2 is 1.96 bits per heavy atom. The molecule has 0 saturated heterocycles. The van der Waals surface area contributed by atoms with Crippen LogP contribution in [-0.4, -0.2) is 22.2 Å². The predicted molar refractivity (Wildman–Crippen MR) is 110 cm³/mol. The number of thiophene rings is 1. The number of amides is 1. The second-order valence-corrected chi connectivity index (χ2v) is 7.22. The fourth-order valence-electron chi connectivity index (χ4n) is 2.78. The van der Waals surface area contributed by atoms with E-state index in [-0.39, 0.29) is 18.0 Å². The molecule has 1 N–H and O–H groups in total. The zero-order valence-corrected chi connectivity index (χ0v) is 16.7. The zero-order chi connectivity index (χ0) is 20.3. The van der Waals surface area contributed by atoms with Crippen molar-refractivity contribution in [1.82, 2.24) is 14.5 Å². The zero-order valence-electron chi connectivity index (χ0n) is 15.9. The molecule has 146 valence electrons. The molecule has 0 fully saturated rings. The van der Waals surface area contributed by atoms with Gasteiger partial charge in [0, 0.05) is 20.1 Å². The topological polar surface area (TPSA) is 82.3 Å². The molecule has 0 radical (unpaired) electrons. The van der Waals surface area contributed by atoms with Crippen LogP contribution in [0.2, 0.25) is 0 Å². The van der Waals surface area contributed by atoms with Crippen LogP contribution in [0.4, 0.5) is 0 Å². The molecule has 2 aromatic heterocycles. The lowest BCUT2D eigenvalue weighted by Crippen LogP contribution is -2.38. The van der Waals surface area contributed by atoms with Gasteiger partial charge in [-0.05, 0) is 30.7 Å². The summed E-state index contributed by atoms with van der Waals surface area (Å²) < 4.78 is 7.68. The van der Waals surface area contributed by atoms with E-state index in [9.17, 15) is 14.4 Å². The highest BCUT2D eigenvalue weighted by Gasteiger charge is 2.17. The highest BCUT2D eigenvalue weighted by atomic mass is 32.1. The summed E-state index contributed by atoms with van der Waals surface area (Å²) in [5, 5.41) is 3.21. The van der Waals surface area contributed by atoms with Crippen LogP contribution in [0, 0.1) is 0 Å². The largest absolute Gasteiger partial charge is 0.497 e. The number of ether oxygens (including phenoxy) is 1. The van der Waals surface area contributed by atoms with Crippen LogP contribution in [0.3, 0.4) is 0 Å². The summed E-state index contributed by atoms with van der Waals surface area (Å²) in [6.07, 6.45) is 3.52. The third kappa shape index (κ3) is 3.77. The fourth-order valence-corrected chi connectivity index (χ4v) is 3.80. The predicted octanol–water partition coefficient (Wildman–Crippen LogP) is 2.28. The van der Waals surface area contributed by atoms with Crippen molar-refractivity contribution < 1.29 is 9.53 Å². The molecule has 0 unspecified atom stereocenters. The van der Waals surface area contributed by atoms with E-state index in [1.807, 2.05) is 31.2 Å². The molecule has 0 bridgehead atoms. The molecule has 0 spiro atoms. The number of carbonyl (C=O) groups is 1. The maximum atomic E-state index is 12.7. The van der Waals surface area contributed by atoms with Gasteiger partial charge in [0.2, 0.25) is 0 Å². The lowest BCUT2D eigenvalue weighted by molar-refractivity contribution is 0.0955. The number of hydrogen-bond acceptors (Lipinski definition) is 5. The average molecular weight is 399 g/mol. The fraction of sp³-hybridized carbons (Fsp3) is 0.250. The molecule has 8 heteroatoms. The number of nitrogens with zero attached hydrogens (tertiary/aromatic N) is 2. The summed E-state index contributed by atoms with van der Waals surface area (Å²) in [7, 11) is 3.20. The summed E-state index contributed by atoms with van der Waals surface area (Å²) in [6, 6.07) is 8.94. The number of carbonyl (C=O) groups excluding carboxylic acids is 1. The van der Waals surface area contributed by atoms with Gasteiger partial charge >= 0.3 is 5.69 Å². The maximum absolute atomic E-state index is 12.7. The molecule has 28 heavy (non-hydrogen) atoms. The Balaban J connectivity index is 1.87. The minimum atomic E-state index is -0.400. The molecule has 0 aliphatic heterocycles. The molecule has 3 aromatic rings. The third-order valence-corrected chi connectivity index (χ3v) is 5.58. The summed E-state index contributed by atoms with van der Waals surface area (Å²) in [4.78, 5) is 38.5. The van der Waals surface area contributed by atoms with Gasteiger partial charge in [-0.1, -0.05) is 24.3 Å². The first-order valence-corrected chi connectivity index (χ1v) is 9.53. The van der Waals surface area contributed by atoms with E-state index >= 15 is 0 Å². The first-order valence-electron chi connectivity index (χ1n) is 8.72. The van der Waals surface area contributed by atoms with E-state index in [2.05, 4.69) is 5.32 Å². The highest BCUT2D eigenvalue weighted by Crippen LogP contribution is 2.22. The Morgan fingerprint density at radius 3 is 2.61 bits per heavy atom.